The molecule has 0 aliphatic rings. The number of methoxy groups -OCH3 is 1. The fourth-order valence-electron chi connectivity index (χ4n) is 3.75. The minimum Gasteiger partial charge on any atom is -0.507 e. The van der Waals surface area contributed by atoms with E-state index in [-0.39, 0.29) is 22.9 Å². The molecule has 1 amide bonds. The lowest BCUT2D eigenvalue weighted by Crippen LogP contribution is -2.46. The van der Waals surface area contributed by atoms with Gasteiger partial charge >= 0.3 is 0 Å². The van der Waals surface area contributed by atoms with Crippen molar-refractivity contribution in [3.63, 3.8) is 0 Å². The van der Waals surface area contributed by atoms with Crippen molar-refractivity contribution in [2.45, 2.75) is 12.6 Å². The predicted molar refractivity (Wildman–Crippen MR) is 137 cm³/mol. The number of phenols is 1. The number of nitrogens with one attached hydrogen (secondary N) is 2. The Balaban J connectivity index is 1.96. The number of nitrogens with two attached hydrogens (primary N) is 1. The number of carbonyl (C=O) groups is 2. The third kappa shape index (κ3) is 5.12. The standard InChI is InChI=1S/C27H23N5O5/c1-27(29,15-33)32-20-9-5-8-16(24(20)36-2)18-13-21(17-7-3-4-10-22(17)34)30-25(19(18)14-28)31-26(35)23-11-6-12-37-23/h3-13,15,32,34H,29H2,1-2H3,(H,30,31,35)/t27-/m0/s1. The predicted octanol–water partition coefficient (Wildman–Crippen LogP) is 4.13. The zero-order chi connectivity index (χ0) is 26.6. The number of anilines is 2. The minimum atomic E-state index is -1.38. The van der Waals surface area contributed by atoms with Gasteiger partial charge in [0.2, 0.25) is 0 Å². The van der Waals surface area contributed by atoms with Gasteiger partial charge in [-0.2, -0.15) is 5.26 Å². The maximum atomic E-state index is 12.8. The molecule has 37 heavy (non-hydrogen) atoms. The van der Waals surface area contributed by atoms with E-state index in [0.717, 1.165) is 0 Å². The lowest BCUT2D eigenvalue weighted by atomic mass is 9.96. The molecule has 0 aliphatic carbocycles. The van der Waals surface area contributed by atoms with Gasteiger partial charge in [0.15, 0.2) is 17.9 Å². The third-order valence-corrected chi connectivity index (χ3v) is 5.45. The zero-order valence-corrected chi connectivity index (χ0v) is 20.0. The number of amides is 1. The number of rotatable bonds is 8. The molecule has 4 rings (SSSR count). The molecule has 0 saturated carbocycles. The van der Waals surface area contributed by atoms with E-state index in [1.165, 1.54) is 32.4 Å². The summed E-state index contributed by atoms with van der Waals surface area (Å²) < 4.78 is 10.8. The molecule has 0 spiro atoms. The number of furan rings is 1. The van der Waals surface area contributed by atoms with Crippen molar-refractivity contribution in [3.05, 3.63) is 78.3 Å². The van der Waals surface area contributed by atoms with Crippen LogP contribution in [0.5, 0.6) is 11.5 Å². The number of para-hydroxylation sites is 2. The van der Waals surface area contributed by atoms with Gasteiger partial charge in [0, 0.05) is 16.7 Å². The van der Waals surface area contributed by atoms with Crippen molar-refractivity contribution in [3.8, 4) is 40.0 Å². The summed E-state index contributed by atoms with van der Waals surface area (Å²) in [4.78, 5) is 28.7. The molecule has 4 aromatic rings. The number of hydrogen-bond acceptors (Lipinski definition) is 9. The number of ether oxygens (including phenoxy) is 1. The van der Waals surface area contributed by atoms with Crippen molar-refractivity contribution in [2.75, 3.05) is 17.7 Å². The second-order valence-electron chi connectivity index (χ2n) is 8.25. The molecule has 10 nitrogen and oxygen atoms in total. The van der Waals surface area contributed by atoms with Gasteiger partial charge in [-0.15, -0.1) is 0 Å². The Labute approximate surface area is 212 Å². The first-order valence-corrected chi connectivity index (χ1v) is 11.1. The van der Waals surface area contributed by atoms with Crippen molar-refractivity contribution < 1.29 is 23.8 Å². The van der Waals surface area contributed by atoms with Gasteiger partial charge in [-0.25, -0.2) is 4.98 Å². The van der Waals surface area contributed by atoms with E-state index in [4.69, 9.17) is 14.9 Å². The highest BCUT2D eigenvalue weighted by Crippen LogP contribution is 2.42. The molecule has 0 bridgehead atoms. The molecule has 0 aliphatic heterocycles. The maximum absolute atomic E-state index is 12.8. The van der Waals surface area contributed by atoms with E-state index in [2.05, 4.69) is 21.7 Å². The SMILES string of the molecule is COc1c(N[C@](C)(N)C=O)cccc1-c1cc(-c2ccccc2O)nc(NC(=O)c2ccco2)c1C#N. The number of benzene rings is 2. The van der Waals surface area contributed by atoms with Gasteiger partial charge in [-0.05, 0) is 43.3 Å². The van der Waals surface area contributed by atoms with Crippen LogP contribution in [0.25, 0.3) is 22.4 Å². The Morgan fingerprint density at radius 2 is 1.92 bits per heavy atom. The number of carbonyl (C=O) groups excluding carboxylic acids is 2. The third-order valence-electron chi connectivity index (χ3n) is 5.45. The number of aromatic hydroxyl groups is 1. The lowest BCUT2D eigenvalue weighted by molar-refractivity contribution is -0.111. The van der Waals surface area contributed by atoms with E-state index in [1.807, 2.05) is 0 Å². The molecule has 0 saturated heterocycles. The van der Waals surface area contributed by atoms with Crippen molar-refractivity contribution in [2.24, 2.45) is 5.73 Å². The molecule has 5 N–H and O–H groups in total. The van der Waals surface area contributed by atoms with Crippen LogP contribution in [0.15, 0.2) is 71.3 Å². The van der Waals surface area contributed by atoms with Crippen molar-refractivity contribution >= 4 is 23.7 Å². The van der Waals surface area contributed by atoms with Gasteiger partial charge in [-0.1, -0.05) is 24.3 Å². The van der Waals surface area contributed by atoms with Gasteiger partial charge in [-0.3, -0.25) is 9.59 Å². The highest BCUT2D eigenvalue weighted by atomic mass is 16.5. The highest BCUT2D eigenvalue weighted by molar-refractivity contribution is 6.03. The summed E-state index contributed by atoms with van der Waals surface area (Å²) in [6.07, 6.45) is 1.91. The van der Waals surface area contributed by atoms with E-state index in [9.17, 15) is 20.0 Å². The van der Waals surface area contributed by atoms with Crippen LogP contribution in [0.1, 0.15) is 23.0 Å². The van der Waals surface area contributed by atoms with Crippen LogP contribution in [0.3, 0.4) is 0 Å². The molecular formula is C27H23N5O5. The highest BCUT2D eigenvalue weighted by Gasteiger charge is 2.24. The van der Waals surface area contributed by atoms with E-state index < -0.39 is 11.6 Å². The van der Waals surface area contributed by atoms with Crippen molar-refractivity contribution in [1.82, 2.24) is 4.98 Å². The summed E-state index contributed by atoms with van der Waals surface area (Å²) in [7, 11) is 1.44. The number of aromatic nitrogens is 1. The fourth-order valence-corrected chi connectivity index (χ4v) is 3.75. The fraction of sp³-hybridized carbons (Fsp3) is 0.111. The van der Waals surface area contributed by atoms with Crippen LogP contribution in [-0.2, 0) is 4.79 Å². The second kappa shape index (κ2) is 10.2. The Morgan fingerprint density at radius 3 is 2.57 bits per heavy atom. The topological polar surface area (TPSA) is 163 Å². The van der Waals surface area contributed by atoms with Gasteiger partial charge in [0.25, 0.3) is 5.91 Å². The van der Waals surface area contributed by atoms with Crippen LogP contribution < -0.4 is 21.1 Å². The molecule has 1 atom stereocenters. The second-order valence-corrected chi connectivity index (χ2v) is 8.25. The average Bonchev–Trinajstić information content (AvgIpc) is 3.43. The monoisotopic (exact) mass is 497 g/mol. The van der Waals surface area contributed by atoms with Crippen LogP contribution in [-0.4, -0.2) is 35.1 Å². The van der Waals surface area contributed by atoms with E-state index in [1.54, 1.807) is 48.5 Å². The zero-order valence-electron chi connectivity index (χ0n) is 20.0. The molecule has 2 aromatic carbocycles. The summed E-state index contributed by atoms with van der Waals surface area (Å²) in [5.41, 5.74) is 6.53. The molecule has 0 unspecified atom stereocenters. The first-order valence-electron chi connectivity index (χ1n) is 11.1. The number of hydrogen-bond donors (Lipinski definition) is 4. The summed E-state index contributed by atoms with van der Waals surface area (Å²) in [5, 5.41) is 26.2. The van der Waals surface area contributed by atoms with E-state index >= 15 is 0 Å². The lowest BCUT2D eigenvalue weighted by Gasteiger charge is -2.24. The van der Waals surface area contributed by atoms with Gasteiger partial charge in [0.1, 0.15) is 28.8 Å². The van der Waals surface area contributed by atoms with Crippen molar-refractivity contribution in [1.29, 1.82) is 5.26 Å². The largest absolute Gasteiger partial charge is 0.507 e. The maximum Gasteiger partial charge on any atom is 0.292 e. The summed E-state index contributed by atoms with van der Waals surface area (Å²) in [5.74, 6) is -0.366. The van der Waals surface area contributed by atoms with Gasteiger partial charge in [0.05, 0.1) is 24.8 Å². The first-order chi connectivity index (χ1) is 17.8. The van der Waals surface area contributed by atoms with Crippen LogP contribution in [0.4, 0.5) is 11.5 Å². The summed E-state index contributed by atoms with van der Waals surface area (Å²) in [6, 6.07) is 18.4. The number of phenolic OH excluding ortho intramolecular Hbond substituents is 1. The smallest absolute Gasteiger partial charge is 0.292 e. The molecule has 0 radical (unpaired) electrons. The molecule has 2 aromatic heterocycles. The Bertz CT molecular complexity index is 1510. The van der Waals surface area contributed by atoms with Crippen LogP contribution in [0, 0.1) is 11.3 Å². The number of nitrogens with zero attached hydrogens (tertiary/aromatic N) is 2. The number of pyridine rings is 1. The summed E-state index contributed by atoms with van der Waals surface area (Å²) in [6.45, 7) is 1.50. The van der Waals surface area contributed by atoms with Crippen LogP contribution in [0.2, 0.25) is 0 Å². The normalized spacial score (nSPS) is 12.2. The Kier molecular flexibility index (Phi) is 6.90. The Morgan fingerprint density at radius 1 is 1.16 bits per heavy atom. The molecule has 0 fully saturated rings. The average molecular weight is 498 g/mol. The molecular weight excluding hydrogens is 474 g/mol. The number of aldehydes is 1. The minimum absolute atomic E-state index is 0.0278. The number of nitriles is 1. The Hall–Kier alpha value is -5.14. The van der Waals surface area contributed by atoms with Gasteiger partial charge < -0.3 is 30.6 Å². The quantitative estimate of drug-likeness (QED) is 0.207. The van der Waals surface area contributed by atoms with E-state index in [0.29, 0.717) is 40.1 Å². The summed E-state index contributed by atoms with van der Waals surface area (Å²) >= 11 is 0. The molecule has 2 heterocycles. The van der Waals surface area contributed by atoms with Crippen LogP contribution >= 0.6 is 0 Å². The molecule has 186 valence electrons. The molecule has 10 heteroatoms. The first kappa shape index (κ1) is 25.0.